The number of carbonyl (C=O) groups excluding carboxylic acids is 3. The molecule has 8 atom stereocenters. The largest absolute Gasteiger partial charge is 0.486 e. The fourth-order valence-corrected chi connectivity index (χ4v) is 10.4. The van der Waals surface area contributed by atoms with Gasteiger partial charge in [-0.05, 0) is 88.8 Å². The Kier molecular flexibility index (Phi) is 11.2. The molecule has 328 valence electrons. The molecular weight excluding hydrogens is 812 g/mol. The Bertz CT molecular complexity index is 2210. The van der Waals surface area contributed by atoms with Crippen molar-refractivity contribution in [2.24, 2.45) is 17.8 Å². The minimum Gasteiger partial charge on any atom is -0.486 e. The highest BCUT2D eigenvalue weighted by Crippen LogP contribution is 2.52. The van der Waals surface area contributed by atoms with Crippen LogP contribution >= 0.6 is 0 Å². The molecular formula is C41H52F3N5O10S. The van der Waals surface area contributed by atoms with Gasteiger partial charge in [-0.15, -0.1) is 0 Å². The first kappa shape index (κ1) is 43.3. The number of ether oxygens (including phenoxy) is 3. The summed E-state index contributed by atoms with van der Waals surface area (Å²) in [6.07, 6.45) is 3.74. The Morgan fingerprint density at radius 2 is 1.85 bits per heavy atom. The van der Waals surface area contributed by atoms with E-state index in [-0.39, 0.29) is 60.8 Å². The molecule has 3 N–H and O–H groups in total. The summed E-state index contributed by atoms with van der Waals surface area (Å²) in [5, 5.41) is 13.8. The molecule has 19 heteroatoms. The number of fused-ring (bicyclic) bond motifs is 5. The first-order valence-electron chi connectivity index (χ1n) is 20.5. The number of amides is 4. The van der Waals surface area contributed by atoms with Crippen LogP contribution in [0.2, 0.25) is 0 Å². The van der Waals surface area contributed by atoms with E-state index in [9.17, 15) is 32.3 Å². The van der Waals surface area contributed by atoms with Gasteiger partial charge in [-0.3, -0.25) is 28.9 Å². The van der Waals surface area contributed by atoms with Crippen LogP contribution in [0.5, 0.6) is 17.4 Å². The molecule has 1 saturated heterocycles. The number of carboxylic acid groups (broad SMARTS) is 1. The van der Waals surface area contributed by atoms with E-state index < -0.39 is 98.8 Å². The summed E-state index contributed by atoms with van der Waals surface area (Å²) in [6.45, 7) is 7.09. The number of hydrogen-bond donors (Lipinski definition) is 3. The van der Waals surface area contributed by atoms with Gasteiger partial charge in [0.25, 0.3) is 11.8 Å². The van der Waals surface area contributed by atoms with Crippen molar-refractivity contribution in [1.29, 1.82) is 0 Å². The van der Waals surface area contributed by atoms with Crippen molar-refractivity contribution in [1.82, 2.24) is 24.8 Å². The lowest BCUT2D eigenvalue weighted by atomic mass is 9.86. The molecule has 15 nitrogen and oxygen atoms in total. The zero-order valence-corrected chi connectivity index (χ0v) is 35.0. The fourth-order valence-electron chi connectivity index (χ4n) is 8.97. The molecule has 0 radical (unpaired) electrons. The predicted molar refractivity (Wildman–Crippen MR) is 211 cm³/mol. The summed E-state index contributed by atoms with van der Waals surface area (Å²) in [4.78, 5) is 62.0. The van der Waals surface area contributed by atoms with Crippen molar-refractivity contribution in [3.63, 3.8) is 0 Å². The number of nitrogens with zero attached hydrogens (tertiary/aromatic N) is 3. The van der Waals surface area contributed by atoms with Gasteiger partial charge in [0.15, 0.2) is 17.1 Å². The number of sulfonamides is 1. The highest BCUT2D eigenvalue weighted by Gasteiger charge is 2.71. The zero-order valence-electron chi connectivity index (χ0n) is 34.2. The zero-order chi connectivity index (χ0) is 43.6. The standard InChI is InChI=1S/C41H52F3N5O10S/c1-6-25(4)48(37(53)54)31-24(3)19-23(2)9-7-8-10-26-20-40(26,36(52)47-60(55,56)39(22-42)14-15-39)46-33(50)29-21-38(5,41(43,44)49(29)35(31)51)59-34-28-11-12-30-32(58-18-17-57-30)27(28)13-16-45-34/h8,10-13,16,23-26,29,31H,6-7,9,14-15,17-22H2,1-5H3,(H,46,50)(H,47,52)(H,53,54)/b10-8-/t23-,24-,25?,26-,29+,31+,38-,40-/m1/s1. The third-order valence-corrected chi connectivity index (χ3v) is 15.2. The second-order valence-electron chi connectivity index (χ2n) is 17.3. The molecule has 1 aromatic heterocycles. The van der Waals surface area contributed by atoms with Gasteiger partial charge in [0, 0.05) is 35.3 Å². The molecule has 3 fully saturated rings. The molecule has 1 aromatic carbocycles. The van der Waals surface area contributed by atoms with E-state index in [0.717, 1.165) is 11.8 Å². The quantitative estimate of drug-likeness (QED) is 0.218. The molecule has 0 bridgehead atoms. The number of rotatable bonds is 9. The van der Waals surface area contributed by atoms with Crippen molar-refractivity contribution in [2.45, 2.75) is 126 Å². The topological polar surface area (TPSA) is 194 Å². The van der Waals surface area contributed by atoms with E-state index in [1.165, 1.54) is 6.20 Å². The summed E-state index contributed by atoms with van der Waals surface area (Å²) in [7, 11) is -4.55. The van der Waals surface area contributed by atoms with Gasteiger partial charge >= 0.3 is 12.1 Å². The van der Waals surface area contributed by atoms with Crippen LogP contribution in [-0.2, 0) is 24.4 Å². The van der Waals surface area contributed by atoms with Crippen LogP contribution in [0.15, 0.2) is 36.5 Å². The van der Waals surface area contributed by atoms with Gasteiger partial charge in [0.05, 0.1) is 0 Å². The molecule has 2 saturated carbocycles. The molecule has 5 aliphatic rings. The maximum Gasteiger partial charge on any atom is 0.408 e. The van der Waals surface area contributed by atoms with Crippen LogP contribution in [0.3, 0.4) is 0 Å². The van der Waals surface area contributed by atoms with Crippen molar-refractivity contribution in [3.8, 4) is 17.4 Å². The number of hydrogen-bond acceptors (Lipinski definition) is 10. The number of alkyl halides is 3. The lowest BCUT2D eigenvalue weighted by molar-refractivity contribution is -0.219. The molecule has 4 amide bonds. The first-order valence-corrected chi connectivity index (χ1v) is 21.9. The molecule has 0 spiro atoms. The summed E-state index contributed by atoms with van der Waals surface area (Å²) < 4.78 is 93.6. The highest BCUT2D eigenvalue weighted by molar-refractivity contribution is 7.91. The molecule has 2 aromatic rings. The number of benzene rings is 1. The number of nitrogens with one attached hydrogen (secondary N) is 2. The van der Waals surface area contributed by atoms with E-state index in [1.807, 2.05) is 11.6 Å². The normalized spacial score (nSPS) is 31.9. The van der Waals surface area contributed by atoms with E-state index in [4.69, 9.17) is 14.2 Å². The monoisotopic (exact) mass is 863 g/mol. The summed E-state index contributed by atoms with van der Waals surface area (Å²) in [6, 6.07) is -4.17. The van der Waals surface area contributed by atoms with Gasteiger partial charge < -0.3 is 24.6 Å². The number of pyridine rings is 1. The summed E-state index contributed by atoms with van der Waals surface area (Å²) in [5.74, 6) is -4.97. The molecule has 2 aliphatic carbocycles. The fraction of sp³-hybridized carbons (Fsp3) is 0.634. The van der Waals surface area contributed by atoms with E-state index in [0.29, 0.717) is 36.3 Å². The van der Waals surface area contributed by atoms with Crippen LogP contribution in [0.4, 0.5) is 18.0 Å². The average molecular weight is 864 g/mol. The third kappa shape index (κ3) is 7.27. The Labute approximate surface area is 346 Å². The Balaban J connectivity index is 1.33. The Morgan fingerprint density at radius 1 is 1.13 bits per heavy atom. The van der Waals surface area contributed by atoms with Crippen molar-refractivity contribution in [2.75, 3.05) is 19.9 Å². The second-order valence-corrected chi connectivity index (χ2v) is 19.4. The van der Waals surface area contributed by atoms with E-state index >= 15 is 13.6 Å². The SMILES string of the molecule is CCC(C)N(C(=O)O)[C@@H]1C(=O)N2[C@@H](C[C@@](C)(Oc3nccc4c5c(ccc34)OCCO5)C2(F)F)C(=O)N[C@]2(C(=O)NS(=O)(=O)C3(CF)CC3)C[C@H]2/C=C\CC[C@@H](C)C[C@H]1C. The van der Waals surface area contributed by atoms with Crippen LogP contribution in [0.25, 0.3) is 10.8 Å². The van der Waals surface area contributed by atoms with Crippen molar-refractivity contribution < 1.29 is 60.1 Å². The van der Waals surface area contributed by atoms with Crippen LogP contribution < -0.4 is 24.2 Å². The third-order valence-electron chi connectivity index (χ3n) is 13.1. The molecule has 7 rings (SSSR count). The number of carbonyl (C=O) groups is 4. The smallest absolute Gasteiger partial charge is 0.408 e. The maximum atomic E-state index is 17.7. The lowest BCUT2D eigenvalue weighted by Gasteiger charge is -2.42. The van der Waals surface area contributed by atoms with Crippen LogP contribution in [0, 0.1) is 17.8 Å². The van der Waals surface area contributed by atoms with Gasteiger partial charge in [-0.25, -0.2) is 22.6 Å². The lowest BCUT2D eigenvalue weighted by Crippen LogP contribution is -2.64. The number of halogens is 3. The summed E-state index contributed by atoms with van der Waals surface area (Å²) in [5.41, 5.74) is -4.66. The molecule has 60 heavy (non-hydrogen) atoms. The van der Waals surface area contributed by atoms with Gasteiger partial charge in [-0.2, -0.15) is 8.78 Å². The van der Waals surface area contributed by atoms with Crippen molar-refractivity contribution in [3.05, 3.63) is 36.5 Å². The van der Waals surface area contributed by atoms with Gasteiger partial charge in [0.2, 0.25) is 21.8 Å². The first-order chi connectivity index (χ1) is 28.3. The van der Waals surface area contributed by atoms with E-state index in [2.05, 4.69) is 10.3 Å². The van der Waals surface area contributed by atoms with Gasteiger partial charge in [-0.1, -0.05) is 32.9 Å². The number of aromatic nitrogens is 1. The van der Waals surface area contributed by atoms with Crippen molar-refractivity contribution >= 4 is 44.6 Å². The van der Waals surface area contributed by atoms with Gasteiger partial charge in [0.1, 0.15) is 42.3 Å². The molecule has 1 unspecified atom stereocenters. The van der Waals surface area contributed by atoms with E-state index in [1.54, 1.807) is 51.1 Å². The minimum atomic E-state index is -4.55. The molecule has 4 heterocycles. The number of allylic oxidation sites excluding steroid dienone is 1. The Morgan fingerprint density at radius 3 is 2.52 bits per heavy atom. The van der Waals surface area contributed by atoms with Crippen LogP contribution in [-0.4, -0.2) is 112 Å². The highest BCUT2D eigenvalue weighted by atomic mass is 32.2. The minimum absolute atomic E-state index is 0.0156. The maximum absolute atomic E-state index is 17.7. The molecule has 3 aliphatic heterocycles. The van der Waals surface area contributed by atoms with Crippen LogP contribution in [0.1, 0.15) is 86.0 Å². The summed E-state index contributed by atoms with van der Waals surface area (Å²) >= 11 is 0. The Hall–Kier alpha value is -4.81. The average Bonchev–Trinajstić information content (AvgIpc) is 4.12. The second kappa shape index (κ2) is 15.6. The predicted octanol–water partition coefficient (Wildman–Crippen LogP) is 5.32.